The van der Waals surface area contributed by atoms with E-state index in [0.717, 1.165) is 77.0 Å². The molecule has 6 heteroatoms. The number of hydrogen-bond donors (Lipinski definition) is 0. The lowest BCUT2D eigenvalue weighted by atomic mass is 10.1. The van der Waals surface area contributed by atoms with Crippen LogP contribution >= 0.6 is 0 Å². The zero-order valence-corrected chi connectivity index (χ0v) is 41.1. The van der Waals surface area contributed by atoms with Gasteiger partial charge in [0.05, 0.1) is 0 Å². The van der Waals surface area contributed by atoms with Crippen LogP contribution < -0.4 is 0 Å². The molecule has 0 aliphatic carbocycles. The molecule has 0 aromatic heterocycles. The maximum Gasteiger partial charge on any atom is 0.306 e. The SMILES string of the molecule is CCCCCCC\C=C/C=C\C=C/CCCCCCCC(=O)OCC(COC(=O)CCCCCCCCCCC)OC(=O)CCCCCCCCC/C=C\CCCCCCCC. The standard InChI is InChI=1S/C56H100O6/c1-4-7-10-13-16-19-21-23-25-27-29-30-32-34-37-40-43-46-49-55(58)61-52-53(51-60-54(57)48-45-42-39-36-18-15-12-9-6-3)62-56(59)50-47-44-41-38-35-33-31-28-26-24-22-20-17-14-11-8-5-2/h21,23-27,29-30,53H,4-20,22,28,31-52H2,1-3H3/b23-21-,26-24-,27-25-,30-29-. The Balaban J connectivity index is 4.35. The summed E-state index contributed by atoms with van der Waals surface area (Å²) in [4.78, 5) is 37.9. The zero-order valence-electron chi connectivity index (χ0n) is 41.1. The van der Waals surface area contributed by atoms with Crippen LogP contribution in [0.25, 0.3) is 0 Å². The van der Waals surface area contributed by atoms with Crippen LogP contribution in [0.5, 0.6) is 0 Å². The molecule has 0 saturated carbocycles. The molecule has 0 aliphatic heterocycles. The maximum absolute atomic E-state index is 12.8. The summed E-state index contributed by atoms with van der Waals surface area (Å²) in [5, 5.41) is 0. The van der Waals surface area contributed by atoms with E-state index in [2.05, 4.69) is 69.4 Å². The maximum atomic E-state index is 12.8. The summed E-state index contributed by atoms with van der Waals surface area (Å²) in [6, 6.07) is 0. The van der Waals surface area contributed by atoms with Crippen molar-refractivity contribution in [3.63, 3.8) is 0 Å². The molecule has 0 bridgehead atoms. The number of carbonyl (C=O) groups excluding carboxylic acids is 3. The second kappa shape index (κ2) is 51.0. The third kappa shape index (κ3) is 48.4. The van der Waals surface area contributed by atoms with Gasteiger partial charge in [-0.1, -0.05) is 230 Å². The van der Waals surface area contributed by atoms with Gasteiger partial charge in [-0.3, -0.25) is 14.4 Å². The van der Waals surface area contributed by atoms with Gasteiger partial charge in [-0.2, -0.15) is 0 Å². The molecule has 0 N–H and O–H groups in total. The summed E-state index contributed by atoms with van der Waals surface area (Å²) >= 11 is 0. The van der Waals surface area contributed by atoms with Gasteiger partial charge in [-0.25, -0.2) is 0 Å². The van der Waals surface area contributed by atoms with E-state index in [1.807, 2.05) is 0 Å². The molecule has 0 aromatic carbocycles. The summed E-state index contributed by atoms with van der Waals surface area (Å²) in [6.07, 6.45) is 60.9. The average molecular weight is 869 g/mol. The number of rotatable bonds is 48. The van der Waals surface area contributed by atoms with E-state index in [1.54, 1.807) is 0 Å². The highest BCUT2D eigenvalue weighted by Crippen LogP contribution is 2.15. The van der Waals surface area contributed by atoms with Crippen LogP contribution in [0.1, 0.15) is 271 Å². The number of ether oxygens (including phenoxy) is 3. The Morgan fingerprint density at radius 1 is 0.323 bits per heavy atom. The minimum atomic E-state index is -0.780. The quantitative estimate of drug-likeness (QED) is 0.0199. The molecule has 1 unspecified atom stereocenters. The van der Waals surface area contributed by atoms with Gasteiger partial charge in [0, 0.05) is 19.3 Å². The van der Waals surface area contributed by atoms with Crippen molar-refractivity contribution < 1.29 is 28.6 Å². The van der Waals surface area contributed by atoms with Crippen molar-refractivity contribution in [2.75, 3.05) is 13.2 Å². The molecule has 0 amide bonds. The van der Waals surface area contributed by atoms with Gasteiger partial charge in [0.2, 0.25) is 0 Å². The summed E-state index contributed by atoms with van der Waals surface area (Å²) in [6.45, 7) is 6.59. The fourth-order valence-corrected chi connectivity index (χ4v) is 7.56. The summed E-state index contributed by atoms with van der Waals surface area (Å²) in [7, 11) is 0. The van der Waals surface area contributed by atoms with Crippen molar-refractivity contribution in [1.82, 2.24) is 0 Å². The Hall–Kier alpha value is -2.63. The van der Waals surface area contributed by atoms with E-state index in [0.29, 0.717) is 19.3 Å². The van der Waals surface area contributed by atoms with Gasteiger partial charge < -0.3 is 14.2 Å². The first kappa shape index (κ1) is 59.4. The zero-order chi connectivity index (χ0) is 45.1. The fraction of sp³-hybridized carbons (Fsp3) is 0.804. The number of unbranched alkanes of at least 4 members (excludes halogenated alkanes) is 31. The van der Waals surface area contributed by atoms with Gasteiger partial charge in [-0.05, 0) is 70.6 Å². The van der Waals surface area contributed by atoms with Crippen molar-refractivity contribution >= 4 is 17.9 Å². The van der Waals surface area contributed by atoms with Crippen LogP contribution in [-0.2, 0) is 28.6 Å². The van der Waals surface area contributed by atoms with E-state index in [-0.39, 0.29) is 31.1 Å². The van der Waals surface area contributed by atoms with Gasteiger partial charge >= 0.3 is 17.9 Å². The Morgan fingerprint density at radius 2 is 0.597 bits per heavy atom. The first-order valence-electron chi connectivity index (χ1n) is 26.7. The van der Waals surface area contributed by atoms with E-state index < -0.39 is 6.10 Å². The number of esters is 3. The van der Waals surface area contributed by atoms with Crippen molar-refractivity contribution in [2.24, 2.45) is 0 Å². The van der Waals surface area contributed by atoms with E-state index in [1.165, 1.54) is 154 Å². The molecule has 62 heavy (non-hydrogen) atoms. The second-order valence-electron chi connectivity index (χ2n) is 17.8. The third-order valence-corrected chi connectivity index (χ3v) is 11.6. The van der Waals surface area contributed by atoms with Crippen LogP contribution in [0.2, 0.25) is 0 Å². The Morgan fingerprint density at radius 3 is 0.935 bits per heavy atom. The average Bonchev–Trinajstić information content (AvgIpc) is 3.27. The van der Waals surface area contributed by atoms with Gasteiger partial charge in [0.25, 0.3) is 0 Å². The van der Waals surface area contributed by atoms with Crippen LogP contribution in [0.15, 0.2) is 48.6 Å². The monoisotopic (exact) mass is 869 g/mol. The molecule has 1 atom stereocenters. The van der Waals surface area contributed by atoms with Gasteiger partial charge in [0.1, 0.15) is 13.2 Å². The Bertz CT molecular complexity index is 1090. The predicted octanol–water partition coefficient (Wildman–Crippen LogP) is 17.5. The van der Waals surface area contributed by atoms with Crippen LogP contribution in [0, 0.1) is 0 Å². The smallest absolute Gasteiger partial charge is 0.306 e. The minimum absolute atomic E-state index is 0.0797. The van der Waals surface area contributed by atoms with Crippen molar-refractivity contribution in [3.8, 4) is 0 Å². The normalized spacial score (nSPS) is 12.4. The highest BCUT2D eigenvalue weighted by molar-refractivity contribution is 5.71. The van der Waals surface area contributed by atoms with E-state index in [9.17, 15) is 14.4 Å². The molecular weight excluding hydrogens is 769 g/mol. The molecule has 0 aromatic rings. The fourth-order valence-electron chi connectivity index (χ4n) is 7.56. The highest BCUT2D eigenvalue weighted by atomic mass is 16.6. The van der Waals surface area contributed by atoms with Crippen LogP contribution in [0.4, 0.5) is 0 Å². The Kier molecular flexibility index (Phi) is 48.8. The lowest BCUT2D eigenvalue weighted by Gasteiger charge is -2.18. The summed E-state index contributed by atoms with van der Waals surface area (Å²) < 4.78 is 16.8. The van der Waals surface area contributed by atoms with Gasteiger partial charge in [0.15, 0.2) is 6.10 Å². The molecule has 0 heterocycles. The van der Waals surface area contributed by atoms with E-state index >= 15 is 0 Å². The number of allylic oxidation sites excluding steroid dienone is 8. The number of carbonyl (C=O) groups is 3. The minimum Gasteiger partial charge on any atom is -0.462 e. The first-order chi connectivity index (χ1) is 30.5. The molecule has 0 spiro atoms. The molecule has 0 saturated heterocycles. The first-order valence-corrected chi connectivity index (χ1v) is 26.7. The van der Waals surface area contributed by atoms with Crippen LogP contribution in [0.3, 0.4) is 0 Å². The van der Waals surface area contributed by atoms with Crippen molar-refractivity contribution in [2.45, 2.75) is 277 Å². The number of hydrogen-bond acceptors (Lipinski definition) is 6. The van der Waals surface area contributed by atoms with E-state index in [4.69, 9.17) is 14.2 Å². The molecule has 0 radical (unpaired) electrons. The van der Waals surface area contributed by atoms with Gasteiger partial charge in [-0.15, -0.1) is 0 Å². The highest BCUT2D eigenvalue weighted by Gasteiger charge is 2.19. The molecule has 0 fully saturated rings. The van der Waals surface area contributed by atoms with Crippen molar-refractivity contribution in [3.05, 3.63) is 48.6 Å². The van der Waals surface area contributed by atoms with Crippen LogP contribution in [-0.4, -0.2) is 37.2 Å². The summed E-state index contributed by atoms with van der Waals surface area (Å²) in [5.41, 5.74) is 0. The lowest BCUT2D eigenvalue weighted by molar-refractivity contribution is -0.167. The molecular formula is C56H100O6. The molecule has 0 rings (SSSR count). The largest absolute Gasteiger partial charge is 0.462 e. The topological polar surface area (TPSA) is 78.9 Å². The third-order valence-electron chi connectivity index (χ3n) is 11.6. The Labute approximate surface area is 384 Å². The molecule has 360 valence electrons. The molecule has 6 nitrogen and oxygen atoms in total. The molecule has 0 aliphatic rings. The summed E-state index contributed by atoms with van der Waals surface area (Å²) in [5.74, 6) is -0.899. The predicted molar refractivity (Wildman–Crippen MR) is 265 cm³/mol. The second-order valence-corrected chi connectivity index (χ2v) is 17.8. The van der Waals surface area contributed by atoms with Crippen molar-refractivity contribution in [1.29, 1.82) is 0 Å². The lowest BCUT2D eigenvalue weighted by Crippen LogP contribution is -2.30.